The molecule has 1 amide bonds. The van der Waals surface area contributed by atoms with Crippen LogP contribution in [0.1, 0.15) is 24.5 Å². The van der Waals surface area contributed by atoms with Crippen molar-refractivity contribution >= 4 is 17.3 Å². The summed E-state index contributed by atoms with van der Waals surface area (Å²) >= 11 is 0. The van der Waals surface area contributed by atoms with E-state index < -0.39 is 4.92 Å². The number of nitrogens with zero attached hydrogens (tertiary/aromatic N) is 1. The SMILES string of the molecule is CCc1ccc(CCC(=O)NCCNc2ccc([N+](=O)[O-])cc2)cc1. The number of benzene rings is 2. The Bertz CT molecular complexity index is 697. The van der Waals surface area contributed by atoms with Gasteiger partial charge in [0.1, 0.15) is 0 Å². The number of amides is 1. The van der Waals surface area contributed by atoms with Crippen molar-refractivity contribution in [3.8, 4) is 0 Å². The fourth-order valence-electron chi connectivity index (χ4n) is 2.40. The number of hydrogen-bond donors (Lipinski definition) is 2. The van der Waals surface area contributed by atoms with E-state index in [9.17, 15) is 14.9 Å². The van der Waals surface area contributed by atoms with Gasteiger partial charge in [-0.3, -0.25) is 14.9 Å². The highest BCUT2D eigenvalue weighted by atomic mass is 16.6. The maximum Gasteiger partial charge on any atom is 0.269 e. The molecule has 0 fully saturated rings. The third kappa shape index (κ3) is 6.25. The molecule has 0 bridgehead atoms. The highest BCUT2D eigenvalue weighted by Crippen LogP contribution is 2.14. The molecule has 0 radical (unpaired) electrons. The van der Waals surface area contributed by atoms with Crippen molar-refractivity contribution in [2.75, 3.05) is 18.4 Å². The lowest BCUT2D eigenvalue weighted by atomic mass is 10.1. The molecular weight excluding hydrogens is 318 g/mol. The number of nitrogens with one attached hydrogen (secondary N) is 2. The number of aryl methyl sites for hydroxylation is 2. The molecule has 0 saturated heterocycles. The molecule has 0 heterocycles. The van der Waals surface area contributed by atoms with E-state index >= 15 is 0 Å². The van der Waals surface area contributed by atoms with Crippen molar-refractivity contribution < 1.29 is 9.72 Å². The van der Waals surface area contributed by atoms with Crippen LogP contribution in [0.3, 0.4) is 0 Å². The largest absolute Gasteiger partial charge is 0.383 e. The van der Waals surface area contributed by atoms with Gasteiger partial charge in [0.15, 0.2) is 0 Å². The van der Waals surface area contributed by atoms with Crippen LogP contribution in [0.5, 0.6) is 0 Å². The van der Waals surface area contributed by atoms with Crippen LogP contribution < -0.4 is 10.6 Å². The average Bonchev–Trinajstić information content (AvgIpc) is 2.64. The molecule has 0 aliphatic heterocycles. The Balaban J connectivity index is 1.63. The summed E-state index contributed by atoms with van der Waals surface area (Å²) in [7, 11) is 0. The summed E-state index contributed by atoms with van der Waals surface area (Å²) in [5, 5.41) is 16.6. The Kier molecular flexibility index (Phi) is 6.95. The number of hydrogen-bond acceptors (Lipinski definition) is 4. The van der Waals surface area contributed by atoms with Gasteiger partial charge in [-0.05, 0) is 36.1 Å². The number of nitro benzene ring substituents is 1. The Morgan fingerprint density at radius 2 is 1.64 bits per heavy atom. The van der Waals surface area contributed by atoms with Crippen LogP contribution in [0, 0.1) is 10.1 Å². The van der Waals surface area contributed by atoms with Crippen molar-refractivity contribution in [1.29, 1.82) is 0 Å². The highest BCUT2D eigenvalue weighted by Gasteiger charge is 2.04. The number of non-ortho nitro benzene ring substituents is 1. The van der Waals surface area contributed by atoms with Crippen LogP contribution in [0.4, 0.5) is 11.4 Å². The first-order valence-electron chi connectivity index (χ1n) is 8.41. The molecule has 2 aromatic carbocycles. The van der Waals surface area contributed by atoms with E-state index in [0.29, 0.717) is 19.5 Å². The summed E-state index contributed by atoms with van der Waals surface area (Å²) in [6.07, 6.45) is 2.21. The number of anilines is 1. The lowest BCUT2D eigenvalue weighted by Crippen LogP contribution is -2.28. The van der Waals surface area contributed by atoms with E-state index in [4.69, 9.17) is 0 Å². The maximum atomic E-state index is 11.9. The van der Waals surface area contributed by atoms with Gasteiger partial charge < -0.3 is 10.6 Å². The minimum absolute atomic E-state index is 0.0186. The van der Waals surface area contributed by atoms with Gasteiger partial charge in [-0.2, -0.15) is 0 Å². The van der Waals surface area contributed by atoms with Gasteiger partial charge in [-0.1, -0.05) is 31.2 Å². The number of nitro groups is 1. The summed E-state index contributed by atoms with van der Waals surface area (Å²) in [4.78, 5) is 22.0. The Morgan fingerprint density at radius 1 is 1.00 bits per heavy atom. The minimum Gasteiger partial charge on any atom is -0.383 e. The fourth-order valence-corrected chi connectivity index (χ4v) is 2.40. The standard InChI is InChI=1S/C19H23N3O3/c1-2-15-3-5-16(6-4-15)7-12-19(23)21-14-13-20-17-8-10-18(11-9-17)22(24)25/h3-6,8-11,20H,2,7,12-14H2,1H3,(H,21,23). The molecule has 0 spiro atoms. The van der Waals surface area contributed by atoms with Gasteiger partial charge in [0.2, 0.25) is 5.91 Å². The second-order valence-corrected chi connectivity index (χ2v) is 5.75. The van der Waals surface area contributed by atoms with Crippen LogP contribution >= 0.6 is 0 Å². The molecule has 25 heavy (non-hydrogen) atoms. The molecule has 2 N–H and O–H groups in total. The topological polar surface area (TPSA) is 84.3 Å². The lowest BCUT2D eigenvalue weighted by molar-refractivity contribution is -0.384. The molecule has 0 atom stereocenters. The average molecular weight is 341 g/mol. The second-order valence-electron chi connectivity index (χ2n) is 5.75. The molecule has 2 aromatic rings. The molecular formula is C19H23N3O3. The Morgan fingerprint density at radius 3 is 2.24 bits per heavy atom. The van der Waals surface area contributed by atoms with Crippen molar-refractivity contribution in [2.45, 2.75) is 26.2 Å². The van der Waals surface area contributed by atoms with Gasteiger partial charge in [0.25, 0.3) is 5.69 Å². The van der Waals surface area contributed by atoms with Gasteiger partial charge in [0.05, 0.1) is 4.92 Å². The summed E-state index contributed by atoms with van der Waals surface area (Å²) < 4.78 is 0. The Labute approximate surface area is 147 Å². The zero-order valence-corrected chi connectivity index (χ0v) is 14.3. The minimum atomic E-state index is -0.431. The van der Waals surface area contributed by atoms with E-state index in [1.54, 1.807) is 12.1 Å². The van der Waals surface area contributed by atoms with Crippen LogP contribution in [0.2, 0.25) is 0 Å². The number of carbonyl (C=O) groups is 1. The van der Waals surface area contributed by atoms with Crippen LogP contribution in [-0.4, -0.2) is 23.9 Å². The smallest absolute Gasteiger partial charge is 0.269 e. The fraction of sp³-hybridized carbons (Fsp3) is 0.316. The summed E-state index contributed by atoms with van der Waals surface area (Å²) in [6.45, 7) is 3.19. The van der Waals surface area contributed by atoms with Crippen LogP contribution in [0.25, 0.3) is 0 Å². The summed E-state index contributed by atoms with van der Waals surface area (Å²) in [6, 6.07) is 14.5. The highest BCUT2D eigenvalue weighted by molar-refractivity contribution is 5.76. The van der Waals surface area contributed by atoms with Gasteiger partial charge in [-0.15, -0.1) is 0 Å². The Hall–Kier alpha value is -2.89. The molecule has 6 heteroatoms. The van der Waals surface area contributed by atoms with Crippen molar-refractivity contribution in [1.82, 2.24) is 5.32 Å². The maximum absolute atomic E-state index is 11.9. The van der Waals surface area contributed by atoms with E-state index in [0.717, 1.165) is 24.1 Å². The third-order valence-corrected chi connectivity index (χ3v) is 3.93. The predicted octanol–water partition coefficient (Wildman–Crippen LogP) is 3.32. The van der Waals surface area contributed by atoms with Gasteiger partial charge in [-0.25, -0.2) is 0 Å². The zero-order valence-electron chi connectivity index (χ0n) is 14.3. The molecule has 2 rings (SSSR count). The first-order chi connectivity index (χ1) is 12.1. The first kappa shape index (κ1) is 18.4. The van der Waals surface area contributed by atoms with Crippen LogP contribution in [-0.2, 0) is 17.6 Å². The molecule has 132 valence electrons. The van der Waals surface area contributed by atoms with E-state index in [1.165, 1.54) is 17.7 Å². The summed E-state index contributed by atoms with van der Waals surface area (Å²) in [5.74, 6) is 0.0186. The molecule has 0 aliphatic carbocycles. The normalized spacial score (nSPS) is 10.3. The van der Waals surface area contributed by atoms with Crippen molar-refractivity contribution in [3.63, 3.8) is 0 Å². The quantitative estimate of drug-likeness (QED) is 0.416. The van der Waals surface area contributed by atoms with E-state index in [2.05, 4.69) is 41.8 Å². The zero-order chi connectivity index (χ0) is 18.1. The molecule has 0 aliphatic rings. The molecule has 6 nitrogen and oxygen atoms in total. The first-order valence-corrected chi connectivity index (χ1v) is 8.41. The lowest BCUT2D eigenvalue weighted by Gasteiger charge is -2.08. The van der Waals surface area contributed by atoms with Crippen LogP contribution in [0.15, 0.2) is 48.5 Å². The van der Waals surface area contributed by atoms with Gasteiger partial charge in [0, 0.05) is 37.3 Å². The summed E-state index contributed by atoms with van der Waals surface area (Å²) in [5.41, 5.74) is 3.31. The molecule has 0 unspecified atom stereocenters. The number of rotatable bonds is 9. The van der Waals surface area contributed by atoms with Crippen molar-refractivity contribution in [2.24, 2.45) is 0 Å². The number of carbonyl (C=O) groups excluding carboxylic acids is 1. The second kappa shape index (κ2) is 9.42. The van der Waals surface area contributed by atoms with E-state index in [-0.39, 0.29) is 11.6 Å². The third-order valence-electron chi connectivity index (χ3n) is 3.93. The predicted molar refractivity (Wildman–Crippen MR) is 98.7 cm³/mol. The monoisotopic (exact) mass is 341 g/mol. The van der Waals surface area contributed by atoms with Crippen molar-refractivity contribution in [3.05, 3.63) is 69.8 Å². The van der Waals surface area contributed by atoms with Gasteiger partial charge >= 0.3 is 0 Å². The molecule has 0 saturated carbocycles. The molecule has 0 aromatic heterocycles. The van der Waals surface area contributed by atoms with E-state index in [1.807, 2.05) is 0 Å².